The molecule has 0 saturated heterocycles. The molecule has 1 unspecified atom stereocenters. The lowest BCUT2D eigenvalue weighted by molar-refractivity contribution is 0.307. The molecule has 1 aliphatic rings. The fourth-order valence-electron chi connectivity index (χ4n) is 4.55. The van der Waals surface area contributed by atoms with Crippen LogP contribution in [0.3, 0.4) is 0 Å². The van der Waals surface area contributed by atoms with Gasteiger partial charge in [0.05, 0.1) is 0 Å². The van der Waals surface area contributed by atoms with Gasteiger partial charge in [0.2, 0.25) is 0 Å². The van der Waals surface area contributed by atoms with Crippen LogP contribution in [0.2, 0.25) is 12.1 Å². The molecule has 140 valence electrons. The second-order valence-electron chi connectivity index (χ2n) is 7.56. The first-order valence-corrected chi connectivity index (χ1v) is 12.0. The summed E-state index contributed by atoms with van der Waals surface area (Å²) in [7, 11) is 0.0705. The van der Waals surface area contributed by atoms with Gasteiger partial charge >= 0.3 is 0 Å². The number of rotatable bonds is 5. The van der Waals surface area contributed by atoms with Crippen molar-refractivity contribution in [3.8, 4) is 11.1 Å². The molecule has 0 bridgehead atoms. The summed E-state index contributed by atoms with van der Waals surface area (Å²) in [5.41, 5.74) is 3.37. The standard InChI is InChI=1S/C22H27F3Si/c1-3-21(26-2)17-10-8-15(9-11-17)14-4-6-16(7-5-14)18-12-19(23)22(25)20(24)13-18/h4-7,12-13,15,17,21H,3,8-11,26H2,1-2H3/t15-,17-,21?. The lowest BCUT2D eigenvalue weighted by atomic mass is 9.77. The molecule has 0 radical (unpaired) electrons. The number of halogens is 3. The van der Waals surface area contributed by atoms with Crippen molar-refractivity contribution in [2.24, 2.45) is 5.92 Å². The van der Waals surface area contributed by atoms with Gasteiger partial charge in [-0.25, -0.2) is 13.2 Å². The molecular weight excluding hydrogens is 349 g/mol. The van der Waals surface area contributed by atoms with Crippen LogP contribution < -0.4 is 0 Å². The maximum atomic E-state index is 13.4. The minimum Gasteiger partial charge on any atom is -0.204 e. The van der Waals surface area contributed by atoms with Crippen LogP contribution in [-0.4, -0.2) is 9.52 Å². The number of hydrogen-bond donors (Lipinski definition) is 0. The zero-order valence-corrected chi connectivity index (χ0v) is 17.0. The maximum absolute atomic E-state index is 13.4. The molecule has 1 aliphatic carbocycles. The van der Waals surface area contributed by atoms with Gasteiger partial charge in [0.25, 0.3) is 0 Å². The topological polar surface area (TPSA) is 0 Å². The molecule has 0 aromatic heterocycles. The first kappa shape index (κ1) is 19.2. The van der Waals surface area contributed by atoms with Crippen LogP contribution in [0.25, 0.3) is 11.1 Å². The minimum absolute atomic E-state index is 0.0705. The molecule has 0 aliphatic heterocycles. The third-order valence-electron chi connectivity index (χ3n) is 6.19. The highest BCUT2D eigenvalue weighted by Crippen LogP contribution is 2.41. The van der Waals surface area contributed by atoms with E-state index >= 15 is 0 Å². The molecule has 2 aromatic rings. The quantitative estimate of drug-likeness (QED) is 0.415. The average Bonchev–Trinajstić information content (AvgIpc) is 2.67. The van der Waals surface area contributed by atoms with E-state index < -0.39 is 17.5 Å². The maximum Gasteiger partial charge on any atom is 0.194 e. The Morgan fingerprint density at radius 1 is 0.923 bits per heavy atom. The molecule has 3 rings (SSSR count). The van der Waals surface area contributed by atoms with Crippen molar-refractivity contribution in [2.75, 3.05) is 0 Å². The van der Waals surface area contributed by atoms with Gasteiger partial charge in [0.15, 0.2) is 17.5 Å². The van der Waals surface area contributed by atoms with Crippen molar-refractivity contribution in [1.29, 1.82) is 0 Å². The summed E-state index contributed by atoms with van der Waals surface area (Å²) < 4.78 is 40.0. The van der Waals surface area contributed by atoms with E-state index in [-0.39, 0.29) is 9.52 Å². The van der Waals surface area contributed by atoms with Crippen LogP contribution in [-0.2, 0) is 0 Å². The van der Waals surface area contributed by atoms with Gasteiger partial charge in [-0.1, -0.05) is 44.2 Å². The highest BCUT2D eigenvalue weighted by atomic mass is 28.2. The third kappa shape index (κ3) is 4.06. The van der Waals surface area contributed by atoms with E-state index in [1.165, 1.54) is 37.7 Å². The van der Waals surface area contributed by atoms with Gasteiger partial charge in [-0.05, 0) is 71.9 Å². The zero-order chi connectivity index (χ0) is 18.7. The van der Waals surface area contributed by atoms with Gasteiger partial charge in [0, 0.05) is 9.52 Å². The second-order valence-corrected chi connectivity index (χ2v) is 9.43. The molecule has 2 aromatic carbocycles. The van der Waals surface area contributed by atoms with Crippen molar-refractivity contribution in [1.82, 2.24) is 0 Å². The molecule has 0 heterocycles. The van der Waals surface area contributed by atoms with Crippen molar-refractivity contribution >= 4 is 9.52 Å². The molecule has 1 saturated carbocycles. The van der Waals surface area contributed by atoms with Crippen molar-refractivity contribution in [3.63, 3.8) is 0 Å². The Hall–Kier alpha value is -1.55. The smallest absolute Gasteiger partial charge is 0.194 e. The molecule has 0 N–H and O–H groups in total. The van der Waals surface area contributed by atoms with E-state index in [0.717, 1.165) is 23.6 Å². The molecule has 0 spiro atoms. The van der Waals surface area contributed by atoms with E-state index in [9.17, 15) is 13.2 Å². The average molecular weight is 377 g/mol. The van der Waals surface area contributed by atoms with Crippen LogP contribution in [0.15, 0.2) is 36.4 Å². The Bertz CT molecular complexity index is 707. The van der Waals surface area contributed by atoms with Crippen LogP contribution in [0, 0.1) is 23.4 Å². The number of hydrogen-bond acceptors (Lipinski definition) is 0. The van der Waals surface area contributed by atoms with Crippen LogP contribution in [0.4, 0.5) is 13.2 Å². The lowest BCUT2D eigenvalue weighted by Gasteiger charge is -2.33. The van der Waals surface area contributed by atoms with Gasteiger partial charge < -0.3 is 0 Å². The first-order chi connectivity index (χ1) is 12.5. The first-order valence-electron chi connectivity index (χ1n) is 9.78. The van der Waals surface area contributed by atoms with Crippen molar-refractivity contribution < 1.29 is 13.2 Å². The summed E-state index contributed by atoms with van der Waals surface area (Å²) in [4.78, 5) is 0. The Labute approximate surface area is 156 Å². The van der Waals surface area contributed by atoms with Gasteiger partial charge in [-0.3, -0.25) is 0 Å². The van der Waals surface area contributed by atoms with E-state index in [1.807, 2.05) is 12.1 Å². The summed E-state index contributed by atoms with van der Waals surface area (Å²) in [6.45, 7) is 4.76. The monoisotopic (exact) mass is 376 g/mol. The van der Waals surface area contributed by atoms with Crippen molar-refractivity contribution in [2.45, 2.75) is 57.0 Å². The fraction of sp³-hybridized carbons (Fsp3) is 0.455. The predicted octanol–water partition coefficient (Wildman–Crippen LogP) is 6.46. The molecule has 1 atom stereocenters. The van der Waals surface area contributed by atoms with Crippen LogP contribution in [0.1, 0.15) is 50.5 Å². The fourth-order valence-corrected chi connectivity index (χ4v) is 6.26. The molecule has 1 fully saturated rings. The van der Waals surface area contributed by atoms with Gasteiger partial charge in [-0.15, -0.1) is 0 Å². The van der Waals surface area contributed by atoms with E-state index in [4.69, 9.17) is 0 Å². The van der Waals surface area contributed by atoms with E-state index in [2.05, 4.69) is 25.6 Å². The summed E-state index contributed by atoms with van der Waals surface area (Å²) in [5, 5.41) is 0. The minimum atomic E-state index is -1.41. The normalized spacial score (nSPS) is 22.0. The van der Waals surface area contributed by atoms with Crippen LogP contribution >= 0.6 is 0 Å². The second kappa shape index (κ2) is 8.42. The van der Waals surface area contributed by atoms with Gasteiger partial charge in [-0.2, -0.15) is 0 Å². The van der Waals surface area contributed by atoms with Gasteiger partial charge in [0.1, 0.15) is 0 Å². The highest BCUT2D eigenvalue weighted by Gasteiger charge is 2.26. The highest BCUT2D eigenvalue weighted by molar-refractivity contribution is 6.35. The molecule has 0 nitrogen and oxygen atoms in total. The summed E-state index contributed by atoms with van der Waals surface area (Å²) in [6, 6.07) is 10.0. The molecule has 4 heteroatoms. The summed E-state index contributed by atoms with van der Waals surface area (Å²) >= 11 is 0. The summed E-state index contributed by atoms with van der Waals surface area (Å²) in [5.74, 6) is -2.21. The summed E-state index contributed by atoms with van der Waals surface area (Å²) in [6.07, 6.45) is 6.43. The third-order valence-corrected chi connectivity index (χ3v) is 8.48. The van der Waals surface area contributed by atoms with E-state index in [0.29, 0.717) is 17.0 Å². The molecule has 26 heavy (non-hydrogen) atoms. The Balaban J connectivity index is 1.69. The van der Waals surface area contributed by atoms with Crippen LogP contribution in [0.5, 0.6) is 0 Å². The molecular formula is C22H27F3Si. The number of benzene rings is 2. The Morgan fingerprint density at radius 3 is 2.00 bits per heavy atom. The zero-order valence-electron chi connectivity index (χ0n) is 15.6. The largest absolute Gasteiger partial charge is 0.204 e. The lowest BCUT2D eigenvalue weighted by Crippen LogP contribution is -2.20. The SMILES string of the molecule is CCC([SiH2]C)[C@H]1CC[C@H](c2ccc(-c3cc(F)c(F)c(F)c3)cc2)CC1. The Morgan fingerprint density at radius 2 is 1.50 bits per heavy atom. The Kier molecular flexibility index (Phi) is 6.23. The van der Waals surface area contributed by atoms with Crippen molar-refractivity contribution in [3.05, 3.63) is 59.4 Å². The molecule has 0 amide bonds. The predicted molar refractivity (Wildman–Crippen MR) is 105 cm³/mol. The van der Waals surface area contributed by atoms with E-state index in [1.54, 1.807) is 0 Å².